The third-order valence-corrected chi connectivity index (χ3v) is 3.24. The van der Waals surface area contributed by atoms with Gasteiger partial charge in [-0.1, -0.05) is 6.07 Å². The fraction of sp³-hybridized carbons (Fsp3) is 0.167. The van der Waals surface area contributed by atoms with E-state index in [0.717, 1.165) is 5.69 Å². The number of hydrogen-bond acceptors (Lipinski definition) is 2. The smallest absolute Gasteiger partial charge is 0.252 e. The van der Waals surface area contributed by atoms with Crippen LogP contribution < -0.4 is 5.32 Å². The Morgan fingerprint density at radius 3 is 3.06 bits per heavy atom. The minimum Gasteiger partial charge on any atom is -0.352 e. The summed E-state index contributed by atoms with van der Waals surface area (Å²) in [6.45, 7) is 0.462. The lowest BCUT2D eigenvalue weighted by Gasteiger charge is -2.06. The van der Waals surface area contributed by atoms with E-state index in [9.17, 15) is 9.18 Å². The number of amides is 1. The van der Waals surface area contributed by atoms with Crippen molar-refractivity contribution in [3.63, 3.8) is 0 Å². The molecule has 6 heteroatoms. The molecular formula is C12H11BrFN3O. The summed E-state index contributed by atoms with van der Waals surface area (Å²) in [4.78, 5) is 18.6. The number of rotatable bonds is 4. The van der Waals surface area contributed by atoms with Crippen LogP contribution in [0.5, 0.6) is 0 Å². The molecular weight excluding hydrogens is 301 g/mol. The van der Waals surface area contributed by atoms with Crippen LogP contribution in [0.25, 0.3) is 0 Å². The molecule has 1 heterocycles. The fourth-order valence-electron chi connectivity index (χ4n) is 1.51. The van der Waals surface area contributed by atoms with Crippen LogP contribution in [-0.4, -0.2) is 22.4 Å². The number of nitrogens with zero attached hydrogens (tertiary/aromatic N) is 1. The minimum atomic E-state index is -0.448. The average Bonchev–Trinajstić information content (AvgIpc) is 2.85. The zero-order valence-electron chi connectivity index (χ0n) is 9.41. The molecule has 0 spiro atoms. The lowest BCUT2D eigenvalue weighted by atomic mass is 10.2. The van der Waals surface area contributed by atoms with Gasteiger partial charge in [0.1, 0.15) is 5.82 Å². The lowest BCUT2D eigenvalue weighted by Crippen LogP contribution is -2.26. The zero-order valence-corrected chi connectivity index (χ0v) is 11.0. The Morgan fingerprint density at radius 1 is 1.50 bits per heavy atom. The molecule has 94 valence electrons. The van der Waals surface area contributed by atoms with Gasteiger partial charge in [-0.05, 0) is 28.1 Å². The number of benzene rings is 1. The first kappa shape index (κ1) is 12.8. The largest absolute Gasteiger partial charge is 0.352 e. The first-order valence-corrected chi connectivity index (χ1v) is 6.17. The number of nitrogens with one attached hydrogen (secondary N) is 2. The van der Waals surface area contributed by atoms with E-state index in [4.69, 9.17) is 0 Å². The molecule has 0 saturated carbocycles. The second-order valence-electron chi connectivity index (χ2n) is 3.68. The van der Waals surface area contributed by atoms with E-state index in [2.05, 4.69) is 31.2 Å². The highest BCUT2D eigenvalue weighted by Gasteiger charge is 2.12. The van der Waals surface area contributed by atoms with E-state index in [1.165, 1.54) is 12.1 Å². The highest BCUT2D eigenvalue weighted by Crippen LogP contribution is 2.20. The van der Waals surface area contributed by atoms with Crippen LogP contribution in [0.3, 0.4) is 0 Å². The molecule has 1 aromatic carbocycles. The normalized spacial score (nSPS) is 10.3. The summed E-state index contributed by atoms with van der Waals surface area (Å²) in [5, 5.41) is 2.72. The molecule has 2 N–H and O–H groups in total. The Bertz CT molecular complexity index is 542. The summed E-state index contributed by atoms with van der Waals surface area (Å²) in [5.74, 6) is -0.753. The molecule has 0 aliphatic rings. The van der Waals surface area contributed by atoms with Crippen LogP contribution in [0.4, 0.5) is 4.39 Å². The van der Waals surface area contributed by atoms with Gasteiger partial charge in [-0.15, -0.1) is 0 Å². The second kappa shape index (κ2) is 5.77. The number of imidazole rings is 1. The van der Waals surface area contributed by atoms with Crippen molar-refractivity contribution in [1.82, 2.24) is 15.3 Å². The van der Waals surface area contributed by atoms with Crippen molar-refractivity contribution < 1.29 is 9.18 Å². The second-order valence-corrected chi connectivity index (χ2v) is 4.48. The zero-order chi connectivity index (χ0) is 13.0. The van der Waals surface area contributed by atoms with Crippen LogP contribution >= 0.6 is 15.9 Å². The van der Waals surface area contributed by atoms with Crippen molar-refractivity contribution in [2.24, 2.45) is 0 Å². The number of carbonyl (C=O) groups is 1. The van der Waals surface area contributed by atoms with Gasteiger partial charge in [0, 0.05) is 24.9 Å². The molecule has 0 bridgehead atoms. The molecule has 0 fully saturated rings. The van der Waals surface area contributed by atoms with Gasteiger partial charge >= 0.3 is 0 Å². The Kier molecular flexibility index (Phi) is 4.09. The van der Waals surface area contributed by atoms with Crippen LogP contribution in [0.2, 0.25) is 0 Å². The van der Waals surface area contributed by atoms with Crippen molar-refractivity contribution in [3.05, 3.63) is 52.3 Å². The number of H-pyrrole nitrogens is 1. The van der Waals surface area contributed by atoms with E-state index in [1.807, 2.05) is 0 Å². The van der Waals surface area contributed by atoms with Crippen molar-refractivity contribution in [1.29, 1.82) is 0 Å². The van der Waals surface area contributed by atoms with Gasteiger partial charge in [0.15, 0.2) is 0 Å². The van der Waals surface area contributed by atoms with Crippen LogP contribution in [0.1, 0.15) is 16.1 Å². The van der Waals surface area contributed by atoms with Gasteiger partial charge in [0.05, 0.1) is 16.4 Å². The molecule has 4 nitrogen and oxygen atoms in total. The van der Waals surface area contributed by atoms with Gasteiger partial charge in [-0.25, -0.2) is 9.37 Å². The van der Waals surface area contributed by atoms with E-state index in [1.54, 1.807) is 18.6 Å². The van der Waals surface area contributed by atoms with Crippen molar-refractivity contribution in [2.45, 2.75) is 6.42 Å². The fourth-order valence-corrected chi connectivity index (χ4v) is 1.95. The maximum absolute atomic E-state index is 13.2. The first-order chi connectivity index (χ1) is 8.68. The molecule has 0 aliphatic carbocycles. The molecule has 0 aliphatic heterocycles. The molecule has 0 atom stereocenters. The number of aromatic amines is 1. The third kappa shape index (κ3) is 2.95. The topological polar surface area (TPSA) is 57.8 Å². The molecule has 1 aromatic heterocycles. The summed E-state index contributed by atoms with van der Waals surface area (Å²) >= 11 is 3.06. The lowest BCUT2D eigenvalue weighted by molar-refractivity contribution is 0.0953. The Labute approximate surface area is 112 Å². The number of halogens is 2. The summed E-state index contributed by atoms with van der Waals surface area (Å²) in [5.41, 5.74) is 1.23. The summed E-state index contributed by atoms with van der Waals surface area (Å²) in [6.07, 6.45) is 3.93. The molecule has 18 heavy (non-hydrogen) atoms. The Morgan fingerprint density at radius 2 is 2.33 bits per heavy atom. The summed E-state index contributed by atoms with van der Waals surface area (Å²) in [6, 6.07) is 4.37. The van der Waals surface area contributed by atoms with Gasteiger partial charge in [-0.2, -0.15) is 0 Å². The van der Waals surface area contributed by atoms with Gasteiger partial charge < -0.3 is 10.3 Å². The van der Waals surface area contributed by atoms with Gasteiger partial charge in [-0.3, -0.25) is 4.79 Å². The first-order valence-electron chi connectivity index (χ1n) is 5.38. The Balaban J connectivity index is 1.93. The highest BCUT2D eigenvalue weighted by molar-refractivity contribution is 9.10. The quantitative estimate of drug-likeness (QED) is 0.910. The van der Waals surface area contributed by atoms with Crippen LogP contribution in [-0.2, 0) is 6.42 Å². The average molecular weight is 312 g/mol. The predicted octanol–water partition coefficient (Wildman–Crippen LogP) is 2.28. The van der Waals surface area contributed by atoms with Crippen LogP contribution in [0.15, 0.2) is 35.2 Å². The minimum absolute atomic E-state index is 0.184. The van der Waals surface area contributed by atoms with Crippen LogP contribution in [0, 0.1) is 5.82 Å². The maximum Gasteiger partial charge on any atom is 0.252 e. The molecule has 2 aromatic rings. The van der Waals surface area contributed by atoms with E-state index in [0.29, 0.717) is 18.5 Å². The molecule has 0 radical (unpaired) electrons. The molecule has 1 amide bonds. The Hall–Kier alpha value is -1.69. The monoisotopic (exact) mass is 311 g/mol. The molecule has 0 unspecified atom stereocenters. The van der Waals surface area contributed by atoms with Crippen molar-refractivity contribution >= 4 is 21.8 Å². The number of aromatic nitrogens is 2. The summed E-state index contributed by atoms with van der Waals surface area (Å²) in [7, 11) is 0. The van der Waals surface area contributed by atoms with E-state index >= 15 is 0 Å². The van der Waals surface area contributed by atoms with Crippen molar-refractivity contribution in [2.75, 3.05) is 6.54 Å². The predicted molar refractivity (Wildman–Crippen MR) is 68.7 cm³/mol. The third-order valence-electron chi connectivity index (χ3n) is 2.43. The van der Waals surface area contributed by atoms with Crippen molar-refractivity contribution in [3.8, 4) is 0 Å². The number of carbonyl (C=O) groups excluding carboxylic acids is 1. The maximum atomic E-state index is 13.2. The number of hydrogen-bond donors (Lipinski definition) is 2. The van der Waals surface area contributed by atoms with Gasteiger partial charge in [0.2, 0.25) is 0 Å². The molecule has 2 rings (SSSR count). The SMILES string of the molecule is O=C(NCCc1cnc[nH]1)c1cccc(F)c1Br. The van der Waals surface area contributed by atoms with E-state index < -0.39 is 5.82 Å². The van der Waals surface area contributed by atoms with E-state index in [-0.39, 0.29) is 10.4 Å². The molecule has 0 saturated heterocycles. The van der Waals surface area contributed by atoms with Gasteiger partial charge in [0.25, 0.3) is 5.91 Å². The summed E-state index contributed by atoms with van der Waals surface area (Å²) < 4.78 is 13.4. The standard InChI is InChI=1S/C12H11BrFN3O/c13-11-9(2-1-3-10(11)14)12(18)16-5-4-8-6-15-7-17-8/h1-3,6-7H,4-5H2,(H,15,17)(H,16,18). The highest BCUT2D eigenvalue weighted by atomic mass is 79.9.